The molecule has 1 amide bonds. The van der Waals surface area contributed by atoms with Gasteiger partial charge in [0, 0.05) is 24.7 Å². The summed E-state index contributed by atoms with van der Waals surface area (Å²) in [7, 11) is 0. The van der Waals surface area contributed by atoms with Gasteiger partial charge in [-0.15, -0.1) is 11.3 Å². The highest BCUT2D eigenvalue weighted by Gasteiger charge is 2.26. The summed E-state index contributed by atoms with van der Waals surface area (Å²) in [5, 5.41) is 0.936. The van der Waals surface area contributed by atoms with Gasteiger partial charge in [0.15, 0.2) is 0 Å². The quantitative estimate of drug-likeness (QED) is 0.877. The van der Waals surface area contributed by atoms with Gasteiger partial charge in [-0.1, -0.05) is 6.92 Å². The highest BCUT2D eigenvalue weighted by atomic mass is 32.1. The largest absolute Gasteiger partial charge is 0.397 e. The van der Waals surface area contributed by atoms with E-state index < -0.39 is 0 Å². The van der Waals surface area contributed by atoms with Crippen molar-refractivity contribution in [2.75, 3.05) is 18.8 Å². The molecule has 2 aromatic rings. The number of pyridine rings is 1. The molecule has 0 spiro atoms. The monoisotopic (exact) mass is 289 g/mol. The highest BCUT2D eigenvalue weighted by molar-refractivity contribution is 7.21. The number of nitrogens with two attached hydrogens (primary N) is 1. The maximum absolute atomic E-state index is 12.7. The van der Waals surface area contributed by atoms with E-state index in [9.17, 15) is 4.79 Å². The summed E-state index contributed by atoms with van der Waals surface area (Å²) in [6, 6.07) is 1.93. The fraction of sp³-hybridized carbons (Fsp3) is 0.467. The second kappa shape index (κ2) is 5.05. The molecular formula is C15H19N3OS. The molecule has 0 radical (unpaired) electrons. The van der Waals surface area contributed by atoms with E-state index in [1.165, 1.54) is 17.8 Å². The van der Waals surface area contributed by atoms with Crippen LogP contribution in [0, 0.1) is 12.8 Å². The zero-order valence-corrected chi connectivity index (χ0v) is 12.7. The molecule has 1 unspecified atom stereocenters. The lowest BCUT2D eigenvalue weighted by Gasteiger charge is -2.30. The topological polar surface area (TPSA) is 59.2 Å². The van der Waals surface area contributed by atoms with Gasteiger partial charge >= 0.3 is 0 Å². The van der Waals surface area contributed by atoms with Crippen molar-refractivity contribution in [3.05, 3.63) is 22.7 Å². The van der Waals surface area contributed by atoms with Gasteiger partial charge in [-0.25, -0.2) is 4.98 Å². The number of fused-ring (bicyclic) bond motifs is 1. The van der Waals surface area contributed by atoms with Crippen LogP contribution in [0.15, 0.2) is 12.3 Å². The maximum atomic E-state index is 12.7. The molecular weight excluding hydrogens is 270 g/mol. The number of carbonyl (C=O) groups is 1. The van der Waals surface area contributed by atoms with Crippen LogP contribution in [0.1, 0.15) is 35.0 Å². The molecule has 0 bridgehead atoms. The van der Waals surface area contributed by atoms with E-state index in [4.69, 9.17) is 5.73 Å². The van der Waals surface area contributed by atoms with Gasteiger partial charge in [0.2, 0.25) is 0 Å². The number of hydrogen-bond acceptors (Lipinski definition) is 4. The second-order valence-corrected chi connectivity index (χ2v) is 6.65. The molecule has 0 saturated carbocycles. The Morgan fingerprint density at radius 3 is 3.05 bits per heavy atom. The number of aryl methyl sites for hydroxylation is 1. The minimum absolute atomic E-state index is 0.0662. The highest BCUT2D eigenvalue weighted by Crippen LogP contribution is 2.35. The van der Waals surface area contributed by atoms with Crippen molar-refractivity contribution in [3.8, 4) is 0 Å². The molecule has 1 atom stereocenters. The van der Waals surface area contributed by atoms with Crippen LogP contribution in [0.2, 0.25) is 0 Å². The number of amides is 1. The van der Waals surface area contributed by atoms with Gasteiger partial charge in [0.05, 0.1) is 5.69 Å². The van der Waals surface area contributed by atoms with Crippen molar-refractivity contribution in [1.29, 1.82) is 0 Å². The Hall–Kier alpha value is -1.62. The molecule has 4 nitrogen and oxygen atoms in total. The van der Waals surface area contributed by atoms with Crippen molar-refractivity contribution in [1.82, 2.24) is 9.88 Å². The lowest BCUT2D eigenvalue weighted by atomic mass is 10.00. The van der Waals surface area contributed by atoms with Gasteiger partial charge in [0.1, 0.15) is 9.71 Å². The third-order valence-electron chi connectivity index (χ3n) is 3.98. The van der Waals surface area contributed by atoms with Crippen LogP contribution < -0.4 is 5.73 Å². The zero-order chi connectivity index (χ0) is 14.3. The summed E-state index contributed by atoms with van der Waals surface area (Å²) < 4.78 is 0. The Balaban J connectivity index is 1.99. The number of aromatic nitrogens is 1. The van der Waals surface area contributed by atoms with Crippen LogP contribution in [0.5, 0.6) is 0 Å². The maximum Gasteiger partial charge on any atom is 0.266 e. The predicted molar refractivity (Wildman–Crippen MR) is 83.1 cm³/mol. The number of piperidine rings is 1. The number of thiophene rings is 1. The molecule has 1 saturated heterocycles. The Morgan fingerprint density at radius 1 is 1.55 bits per heavy atom. The van der Waals surface area contributed by atoms with E-state index in [0.717, 1.165) is 35.3 Å². The molecule has 1 fully saturated rings. The zero-order valence-electron chi connectivity index (χ0n) is 11.8. The standard InChI is InChI=1S/C15H19N3OS/c1-9-4-3-7-18(8-9)15(19)13-12(16)11-10(2)5-6-17-14(11)20-13/h5-6,9H,3-4,7-8,16H2,1-2H3. The van der Waals surface area contributed by atoms with Crippen molar-refractivity contribution in [3.63, 3.8) is 0 Å². The van der Waals surface area contributed by atoms with Gasteiger partial charge in [-0.05, 0) is 37.3 Å². The normalized spacial score (nSPS) is 19.5. The van der Waals surface area contributed by atoms with E-state index in [2.05, 4.69) is 11.9 Å². The molecule has 3 rings (SSSR count). The number of anilines is 1. The summed E-state index contributed by atoms with van der Waals surface area (Å²) in [6.45, 7) is 5.87. The average Bonchev–Trinajstić information content (AvgIpc) is 2.76. The fourth-order valence-electron chi connectivity index (χ4n) is 2.88. The molecule has 0 aliphatic carbocycles. The average molecular weight is 289 g/mol. The molecule has 5 heteroatoms. The van der Waals surface area contributed by atoms with Crippen LogP contribution in [0.25, 0.3) is 10.2 Å². The molecule has 1 aliphatic heterocycles. The van der Waals surface area contributed by atoms with Crippen molar-refractivity contribution < 1.29 is 4.79 Å². The van der Waals surface area contributed by atoms with E-state index in [1.54, 1.807) is 6.20 Å². The van der Waals surface area contributed by atoms with Crippen LogP contribution in [-0.2, 0) is 0 Å². The first-order valence-electron chi connectivity index (χ1n) is 7.00. The number of hydrogen-bond donors (Lipinski definition) is 1. The first kappa shape index (κ1) is 13.4. The lowest BCUT2D eigenvalue weighted by molar-refractivity contribution is 0.0689. The third-order valence-corrected chi connectivity index (χ3v) is 5.08. The van der Waals surface area contributed by atoms with Crippen LogP contribution in [0.3, 0.4) is 0 Å². The summed E-state index contributed by atoms with van der Waals surface area (Å²) in [5.74, 6) is 0.639. The Kier molecular flexibility index (Phi) is 3.38. The SMILES string of the molecule is Cc1ccnc2sc(C(=O)N3CCCC(C)C3)c(N)c12. The molecule has 106 valence electrons. The van der Waals surface area contributed by atoms with Crippen molar-refractivity contribution in [2.24, 2.45) is 5.92 Å². The number of rotatable bonds is 1. The number of carbonyl (C=O) groups excluding carboxylic acids is 1. The molecule has 2 aromatic heterocycles. The van der Waals surface area contributed by atoms with E-state index >= 15 is 0 Å². The summed E-state index contributed by atoms with van der Waals surface area (Å²) in [6.07, 6.45) is 4.05. The van der Waals surface area contributed by atoms with E-state index in [-0.39, 0.29) is 5.91 Å². The number of likely N-dealkylation sites (tertiary alicyclic amines) is 1. The number of nitrogens with zero attached hydrogens (tertiary/aromatic N) is 2. The lowest BCUT2D eigenvalue weighted by Crippen LogP contribution is -2.39. The number of nitrogen functional groups attached to an aromatic ring is 1. The van der Waals surface area contributed by atoms with Crippen LogP contribution >= 0.6 is 11.3 Å². The Labute approximate surface area is 122 Å². The molecule has 0 aromatic carbocycles. The van der Waals surface area contributed by atoms with Crippen LogP contribution in [-0.4, -0.2) is 28.9 Å². The molecule has 20 heavy (non-hydrogen) atoms. The minimum Gasteiger partial charge on any atom is -0.397 e. The van der Waals surface area contributed by atoms with Crippen LogP contribution in [0.4, 0.5) is 5.69 Å². The van der Waals surface area contributed by atoms with E-state index in [1.807, 2.05) is 17.9 Å². The molecule has 2 N–H and O–H groups in total. The fourth-order valence-corrected chi connectivity index (χ4v) is 3.99. The molecule has 1 aliphatic rings. The first-order chi connectivity index (χ1) is 9.58. The van der Waals surface area contributed by atoms with Gasteiger partial charge in [0.25, 0.3) is 5.91 Å². The van der Waals surface area contributed by atoms with Gasteiger partial charge < -0.3 is 10.6 Å². The summed E-state index contributed by atoms with van der Waals surface area (Å²) >= 11 is 1.41. The predicted octanol–water partition coefficient (Wildman–Crippen LogP) is 3.06. The Morgan fingerprint density at radius 2 is 2.35 bits per heavy atom. The van der Waals surface area contributed by atoms with E-state index in [0.29, 0.717) is 16.5 Å². The first-order valence-corrected chi connectivity index (χ1v) is 7.82. The Bertz CT molecular complexity index is 664. The minimum atomic E-state index is 0.0662. The summed E-state index contributed by atoms with van der Waals surface area (Å²) in [4.78, 5) is 20.5. The second-order valence-electron chi connectivity index (χ2n) is 5.65. The molecule has 3 heterocycles. The smallest absolute Gasteiger partial charge is 0.266 e. The van der Waals surface area contributed by atoms with Gasteiger partial charge in [-0.2, -0.15) is 0 Å². The van der Waals surface area contributed by atoms with Crippen molar-refractivity contribution >= 4 is 33.1 Å². The third kappa shape index (κ3) is 2.16. The van der Waals surface area contributed by atoms with Crippen molar-refractivity contribution in [2.45, 2.75) is 26.7 Å². The summed E-state index contributed by atoms with van der Waals surface area (Å²) in [5.41, 5.74) is 7.88. The van der Waals surface area contributed by atoms with Gasteiger partial charge in [-0.3, -0.25) is 4.79 Å².